The Morgan fingerprint density at radius 1 is 1.38 bits per heavy atom. The maximum absolute atomic E-state index is 11.4. The molecule has 1 aromatic heterocycles. The van der Waals surface area contributed by atoms with E-state index in [1.165, 1.54) is 6.92 Å². The second-order valence-electron chi connectivity index (χ2n) is 4.67. The first kappa shape index (κ1) is 15.9. The predicted molar refractivity (Wildman–Crippen MR) is 88.6 cm³/mol. The number of hydrogen-bond acceptors (Lipinski definition) is 3. The van der Waals surface area contributed by atoms with Crippen molar-refractivity contribution in [3.63, 3.8) is 0 Å². The van der Waals surface area contributed by atoms with Gasteiger partial charge in [-0.25, -0.2) is 0 Å². The van der Waals surface area contributed by atoms with Gasteiger partial charge in [-0.15, -0.1) is 22.9 Å². The van der Waals surface area contributed by atoms with Gasteiger partial charge in [-0.05, 0) is 23.6 Å². The van der Waals surface area contributed by atoms with Gasteiger partial charge >= 0.3 is 0 Å². The third-order valence-electron chi connectivity index (χ3n) is 3.19. The lowest BCUT2D eigenvalue weighted by atomic mass is 10.2. The molecule has 0 spiro atoms. The third-order valence-corrected chi connectivity index (χ3v) is 4.37. The molecule has 1 amide bonds. The number of thiophene rings is 1. The topological polar surface area (TPSA) is 29.5 Å². The zero-order valence-electron chi connectivity index (χ0n) is 12.1. The van der Waals surface area contributed by atoms with Crippen LogP contribution in [0, 0.1) is 0 Å². The fourth-order valence-corrected chi connectivity index (χ4v) is 2.93. The zero-order valence-corrected chi connectivity index (χ0v) is 13.7. The van der Waals surface area contributed by atoms with Crippen LogP contribution in [0.3, 0.4) is 0 Å². The first-order valence-electron chi connectivity index (χ1n) is 6.72. The Hall–Kier alpha value is -1.52. The van der Waals surface area contributed by atoms with Crippen LogP contribution in [0.25, 0.3) is 0 Å². The summed E-state index contributed by atoms with van der Waals surface area (Å²) in [6, 6.07) is 11.6. The molecule has 2 rings (SSSR count). The number of benzene rings is 1. The van der Waals surface area contributed by atoms with Crippen molar-refractivity contribution in [2.75, 3.05) is 17.8 Å². The monoisotopic (exact) mass is 323 g/mol. The summed E-state index contributed by atoms with van der Waals surface area (Å²) >= 11 is 7.53. The molecule has 0 aliphatic carbocycles. The Balaban J connectivity index is 2.17. The van der Waals surface area contributed by atoms with Crippen LogP contribution in [-0.2, 0) is 4.79 Å². The van der Waals surface area contributed by atoms with Crippen LogP contribution in [0.5, 0.6) is 5.75 Å². The SMILES string of the molecule is CC(=O)N(C)c1cccc(OC(CCCl)c2cccs2)c1. The number of rotatable bonds is 6. The first-order valence-corrected chi connectivity index (χ1v) is 8.13. The Morgan fingerprint density at radius 2 is 2.19 bits per heavy atom. The fourth-order valence-electron chi connectivity index (χ4n) is 1.94. The van der Waals surface area contributed by atoms with Crippen molar-refractivity contribution in [3.8, 4) is 5.75 Å². The quantitative estimate of drug-likeness (QED) is 0.733. The molecule has 1 heterocycles. The van der Waals surface area contributed by atoms with E-state index in [2.05, 4.69) is 0 Å². The van der Waals surface area contributed by atoms with Crippen LogP contribution < -0.4 is 9.64 Å². The van der Waals surface area contributed by atoms with Crippen LogP contribution in [0.1, 0.15) is 24.3 Å². The summed E-state index contributed by atoms with van der Waals surface area (Å²) < 4.78 is 6.06. The van der Waals surface area contributed by atoms with Gasteiger partial charge in [0.25, 0.3) is 0 Å². The molecule has 5 heteroatoms. The average Bonchev–Trinajstić information content (AvgIpc) is 3.00. The molecule has 0 N–H and O–H groups in total. The number of anilines is 1. The largest absolute Gasteiger partial charge is 0.485 e. The van der Waals surface area contributed by atoms with E-state index in [1.807, 2.05) is 41.8 Å². The van der Waals surface area contributed by atoms with E-state index in [0.29, 0.717) is 5.88 Å². The lowest BCUT2D eigenvalue weighted by Crippen LogP contribution is -2.22. The molecule has 0 fully saturated rings. The number of nitrogens with zero attached hydrogens (tertiary/aromatic N) is 1. The number of alkyl halides is 1. The molecule has 0 saturated carbocycles. The molecule has 0 aliphatic rings. The van der Waals surface area contributed by atoms with Crippen molar-refractivity contribution in [3.05, 3.63) is 46.7 Å². The van der Waals surface area contributed by atoms with Crippen LogP contribution in [0.4, 0.5) is 5.69 Å². The van der Waals surface area contributed by atoms with Gasteiger partial charge in [-0.3, -0.25) is 4.79 Å². The Bertz CT molecular complexity index is 586. The van der Waals surface area contributed by atoms with E-state index >= 15 is 0 Å². The molecule has 0 aliphatic heterocycles. The van der Waals surface area contributed by atoms with Gasteiger partial charge < -0.3 is 9.64 Å². The summed E-state index contributed by atoms with van der Waals surface area (Å²) in [5.41, 5.74) is 0.816. The standard InChI is InChI=1S/C16H18ClNO2S/c1-12(19)18(2)13-5-3-6-14(11-13)20-15(8-9-17)16-7-4-10-21-16/h3-7,10-11,15H,8-9H2,1-2H3. The number of amides is 1. The predicted octanol–water partition coefficient (Wildman–Crippen LogP) is 4.48. The van der Waals surface area contributed by atoms with E-state index in [4.69, 9.17) is 16.3 Å². The first-order chi connectivity index (χ1) is 10.1. The molecule has 21 heavy (non-hydrogen) atoms. The van der Waals surface area contributed by atoms with Crippen LogP contribution >= 0.6 is 22.9 Å². The highest BCUT2D eigenvalue weighted by atomic mass is 35.5. The maximum atomic E-state index is 11.4. The molecule has 2 aromatic rings. The van der Waals surface area contributed by atoms with Gasteiger partial charge in [-0.2, -0.15) is 0 Å². The van der Waals surface area contributed by atoms with Crippen molar-refractivity contribution in [2.24, 2.45) is 0 Å². The maximum Gasteiger partial charge on any atom is 0.223 e. The minimum Gasteiger partial charge on any atom is -0.485 e. The second kappa shape index (κ2) is 7.48. The van der Waals surface area contributed by atoms with Crippen molar-refractivity contribution in [2.45, 2.75) is 19.4 Å². The number of carbonyl (C=O) groups is 1. The fraction of sp³-hybridized carbons (Fsp3) is 0.312. The van der Waals surface area contributed by atoms with E-state index < -0.39 is 0 Å². The summed E-state index contributed by atoms with van der Waals surface area (Å²) in [6.07, 6.45) is 0.690. The van der Waals surface area contributed by atoms with E-state index in [9.17, 15) is 4.79 Å². The van der Waals surface area contributed by atoms with Crippen molar-refractivity contribution in [1.29, 1.82) is 0 Å². The highest BCUT2D eigenvalue weighted by Gasteiger charge is 2.15. The third kappa shape index (κ3) is 4.22. The van der Waals surface area contributed by atoms with Gasteiger partial charge in [0.1, 0.15) is 11.9 Å². The molecule has 1 aromatic carbocycles. The molecule has 112 valence electrons. The minimum absolute atomic E-state index is 0.0114. The van der Waals surface area contributed by atoms with Gasteiger partial charge in [0, 0.05) is 42.9 Å². The summed E-state index contributed by atoms with van der Waals surface area (Å²) in [5, 5.41) is 2.03. The highest BCUT2D eigenvalue weighted by Crippen LogP contribution is 2.30. The molecular formula is C16H18ClNO2S. The van der Waals surface area contributed by atoms with E-state index in [0.717, 1.165) is 22.7 Å². The average molecular weight is 324 g/mol. The molecular weight excluding hydrogens is 306 g/mol. The Morgan fingerprint density at radius 3 is 2.81 bits per heavy atom. The Kier molecular flexibility index (Phi) is 5.65. The van der Waals surface area contributed by atoms with Crippen molar-refractivity contribution in [1.82, 2.24) is 0 Å². The number of halogens is 1. The molecule has 3 nitrogen and oxygen atoms in total. The second-order valence-corrected chi connectivity index (χ2v) is 6.03. The molecule has 1 unspecified atom stereocenters. The normalized spacial score (nSPS) is 12.0. The van der Waals surface area contributed by atoms with E-state index in [1.54, 1.807) is 23.3 Å². The minimum atomic E-state index is -0.0552. The lowest BCUT2D eigenvalue weighted by Gasteiger charge is -2.20. The Labute approximate surface area is 134 Å². The zero-order chi connectivity index (χ0) is 15.2. The van der Waals surface area contributed by atoms with Crippen molar-refractivity contribution >= 4 is 34.5 Å². The molecule has 0 saturated heterocycles. The summed E-state index contributed by atoms with van der Waals surface area (Å²) in [6.45, 7) is 1.54. The summed E-state index contributed by atoms with van der Waals surface area (Å²) in [5.74, 6) is 1.27. The van der Waals surface area contributed by atoms with Gasteiger partial charge in [0.15, 0.2) is 0 Å². The summed E-state index contributed by atoms with van der Waals surface area (Å²) in [4.78, 5) is 14.2. The molecule has 1 atom stereocenters. The van der Waals surface area contributed by atoms with Crippen molar-refractivity contribution < 1.29 is 9.53 Å². The highest BCUT2D eigenvalue weighted by molar-refractivity contribution is 7.10. The number of carbonyl (C=O) groups excluding carboxylic acids is 1. The summed E-state index contributed by atoms with van der Waals surface area (Å²) in [7, 11) is 1.75. The molecule has 0 bridgehead atoms. The van der Waals surface area contributed by atoms with Crippen LogP contribution in [0.15, 0.2) is 41.8 Å². The smallest absolute Gasteiger partial charge is 0.223 e. The van der Waals surface area contributed by atoms with Gasteiger partial charge in [-0.1, -0.05) is 12.1 Å². The van der Waals surface area contributed by atoms with E-state index in [-0.39, 0.29) is 12.0 Å². The number of hydrogen-bond donors (Lipinski definition) is 0. The number of ether oxygens (including phenoxy) is 1. The lowest BCUT2D eigenvalue weighted by molar-refractivity contribution is -0.116. The van der Waals surface area contributed by atoms with Crippen LogP contribution in [-0.4, -0.2) is 18.8 Å². The van der Waals surface area contributed by atoms with Crippen LogP contribution in [0.2, 0.25) is 0 Å². The van der Waals surface area contributed by atoms with Gasteiger partial charge in [0.05, 0.1) is 0 Å². The van der Waals surface area contributed by atoms with Gasteiger partial charge in [0.2, 0.25) is 5.91 Å². The molecule has 0 radical (unpaired) electrons.